The van der Waals surface area contributed by atoms with Crippen molar-refractivity contribution >= 4 is 5.96 Å². The van der Waals surface area contributed by atoms with Crippen LogP contribution in [-0.2, 0) is 0 Å². The Balaban J connectivity index is 1.84. The van der Waals surface area contributed by atoms with E-state index in [0.717, 1.165) is 6.54 Å². The maximum absolute atomic E-state index is 5.94. The first-order valence-electron chi connectivity index (χ1n) is 6.97. The highest BCUT2D eigenvalue weighted by Gasteiger charge is 2.35. The van der Waals surface area contributed by atoms with Gasteiger partial charge in [-0.3, -0.25) is 9.89 Å². The van der Waals surface area contributed by atoms with Crippen molar-refractivity contribution in [2.75, 3.05) is 19.6 Å². The Kier molecular flexibility index (Phi) is 4.26. The highest BCUT2D eigenvalue weighted by Crippen LogP contribution is 2.26. The molecule has 4 nitrogen and oxygen atoms in total. The third-order valence-corrected chi connectivity index (χ3v) is 3.82. The number of piperidine rings is 1. The van der Waals surface area contributed by atoms with Gasteiger partial charge < -0.3 is 11.1 Å². The van der Waals surface area contributed by atoms with Crippen LogP contribution in [0.4, 0.5) is 0 Å². The van der Waals surface area contributed by atoms with E-state index in [1.165, 1.54) is 38.8 Å². The van der Waals surface area contributed by atoms with E-state index >= 15 is 0 Å². The minimum atomic E-state index is 0.520. The van der Waals surface area contributed by atoms with E-state index in [9.17, 15) is 0 Å². The normalized spacial score (nSPS) is 30.6. The summed E-state index contributed by atoms with van der Waals surface area (Å²) in [5, 5.41) is 3.42. The minimum Gasteiger partial charge on any atom is -0.370 e. The Morgan fingerprint density at radius 3 is 2.94 bits per heavy atom. The number of hydrogen-bond donors (Lipinski definition) is 2. The van der Waals surface area contributed by atoms with Crippen molar-refractivity contribution in [3.63, 3.8) is 0 Å². The number of aliphatic imine (C=N–C) groups is 1. The lowest BCUT2D eigenvalue weighted by Crippen LogP contribution is -2.49. The molecule has 17 heavy (non-hydrogen) atoms. The van der Waals surface area contributed by atoms with Crippen LogP contribution in [-0.4, -0.2) is 42.6 Å². The first-order chi connectivity index (χ1) is 8.16. The van der Waals surface area contributed by atoms with Gasteiger partial charge in [-0.2, -0.15) is 0 Å². The lowest BCUT2D eigenvalue weighted by atomic mass is 9.99. The zero-order valence-corrected chi connectivity index (χ0v) is 11.2. The third-order valence-electron chi connectivity index (χ3n) is 3.82. The van der Waals surface area contributed by atoms with E-state index in [0.29, 0.717) is 24.0 Å². The van der Waals surface area contributed by atoms with Crippen LogP contribution in [0.15, 0.2) is 4.99 Å². The second kappa shape index (κ2) is 5.71. The highest BCUT2D eigenvalue weighted by atomic mass is 15.2. The van der Waals surface area contributed by atoms with Gasteiger partial charge in [0.05, 0.1) is 0 Å². The fraction of sp³-hybridized carbons (Fsp3) is 0.923. The molecule has 2 aliphatic heterocycles. The first-order valence-corrected chi connectivity index (χ1v) is 6.97. The Labute approximate surface area is 105 Å². The van der Waals surface area contributed by atoms with Gasteiger partial charge >= 0.3 is 0 Å². The van der Waals surface area contributed by atoms with Crippen molar-refractivity contribution in [1.82, 2.24) is 10.2 Å². The Morgan fingerprint density at radius 2 is 2.18 bits per heavy atom. The topological polar surface area (TPSA) is 53.6 Å². The quantitative estimate of drug-likeness (QED) is 0.573. The third kappa shape index (κ3) is 3.35. The number of guanidine groups is 1. The molecule has 4 heteroatoms. The zero-order chi connectivity index (χ0) is 12.3. The molecule has 0 bridgehead atoms. The van der Waals surface area contributed by atoms with E-state index in [2.05, 4.69) is 29.1 Å². The SMILES string of the molecule is CC(C)CN=C(N)NC1CCN2CCCCC12. The summed E-state index contributed by atoms with van der Waals surface area (Å²) in [6, 6.07) is 1.21. The average Bonchev–Trinajstić information content (AvgIpc) is 2.70. The molecule has 3 N–H and O–H groups in total. The van der Waals surface area contributed by atoms with Gasteiger partial charge in [-0.15, -0.1) is 0 Å². The molecule has 0 aromatic rings. The minimum absolute atomic E-state index is 0.520. The van der Waals surface area contributed by atoms with Crippen molar-refractivity contribution in [2.45, 2.75) is 51.6 Å². The van der Waals surface area contributed by atoms with Gasteiger partial charge in [-0.25, -0.2) is 0 Å². The molecule has 2 unspecified atom stereocenters. The molecule has 2 saturated heterocycles. The van der Waals surface area contributed by atoms with Crippen LogP contribution in [0.25, 0.3) is 0 Å². The molecule has 0 spiro atoms. The predicted octanol–water partition coefficient (Wildman–Crippen LogP) is 1.17. The Bertz CT molecular complexity index is 275. The van der Waals surface area contributed by atoms with E-state index in [1.54, 1.807) is 0 Å². The fourth-order valence-electron chi connectivity index (χ4n) is 2.93. The second-order valence-electron chi connectivity index (χ2n) is 5.76. The Hall–Kier alpha value is -0.770. The standard InChI is InChI=1S/C13H26N4/c1-10(2)9-15-13(14)16-11-6-8-17-7-4-3-5-12(11)17/h10-12H,3-9H2,1-2H3,(H3,14,15,16). The maximum atomic E-state index is 5.94. The van der Waals surface area contributed by atoms with E-state index in [1.807, 2.05) is 0 Å². The van der Waals surface area contributed by atoms with Gasteiger partial charge in [0.25, 0.3) is 0 Å². The average molecular weight is 238 g/mol. The number of nitrogens with zero attached hydrogens (tertiary/aromatic N) is 2. The smallest absolute Gasteiger partial charge is 0.188 e. The summed E-state index contributed by atoms with van der Waals surface area (Å²) in [5.74, 6) is 1.21. The van der Waals surface area contributed by atoms with E-state index < -0.39 is 0 Å². The highest BCUT2D eigenvalue weighted by molar-refractivity contribution is 5.78. The van der Waals surface area contributed by atoms with Crippen LogP contribution in [0.1, 0.15) is 39.5 Å². The molecule has 0 aromatic heterocycles. The summed E-state index contributed by atoms with van der Waals surface area (Å²) in [7, 11) is 0. The molecule has 2 atom stereocenters. The summed E-state index contributed by atoms with van der Waals surface area (Å²) in [5.41, 5.74) is 5.94. The summed E-state index contributed by atoms with van der Waals surface area (Å²) >= 11 is 0. The molecule has 98 valence electrons. The molecular formula is C13H26N4. The molecule has 0 amide bonds. The molecule has 2 aliphatic rings. The molecule has 2 rings (SSSR count). The zero-order valence-electron chi connectivity index (χ0n) is 11.2. The first kappa shape index (κ1) is 12.7. The molecule has 0 aliphatic carbocycles. The van der Waals surface area contributed by atoms with Gasteiger partial charge in [-0.05, 0) is 31.7 Å². The van der Waals surface area contributed by atoms with Gasteiger partial charge in [0.2, 0.25) is 0 Å². The van der Waals surface area contributed by atoms with Crippen molar-refractivity contribution in [3.05, 3.63) is 0 Å². The molecular weight excluding hydrogens is 212 g/mol. The lowest BCUT2D eigenvalue weighted by Gasteiger charge is -2.32. The predicted molar refractivity (Wildman–Crippen MR) is 72.1 cm³/mol. The molecule has 2 heterocycles. The van der Waals surface area contributed by atoms with Crippen LogP contribution in [0, 0.1) is 5.92 Å². The van der Waals surface area contributed by atoms with Crippen LogP contribution >= 0.6 is 0 Å². The number of rotatable bonds is 3. The van der Waals surface area contributed by atoms with Crippen LogP contribution in [0.3, 0.4) is 0 Å². The van der Waals surface area contributed by atoms with Crippen molar-refractivity contribution in [2.24, 2.45) is 16.6 Å². The summed E-state index contributed by atoms with van der Waals surface area (Å²) in [4.78, 5) is 7.00. The molecule has 0 saturated carbocycles. The summed E-state index contributed by atoms with van der Waals surface area (Å²) in [6.45, 7) is 7.63. The van der Waals surface area contributed by atoms with E-state index in [-0.39, 0.29) is 0 Å². The number of fused-ring (bicyclic) bond motifs is 1. The maximum Gasteiger partial charge on any atom is 0.188 e. The second-order valence-corrected chi connectivity index (χ2v) is 5.76. The largest absolute Gasteiger partial charge is 0.370 e. The van der Waals surface area contributed by atoms with Gasteiger partial charge in [0.15, 0.2) is 5.96 Å². The molecule has 0 radical (unpaired) electrons. The van der Waals surface area contributed by atoms with Gasteiger partial charge in [0, 0.05) is 25.2 Å². The van der Waals surface area contributed by atoms with Crippen LogP contribution < -0.4 is 11.1 Å². The van der Waals surface area contributed by atoms with Crippen LogP contribution in [0.2, 0.25) is 0 Å². The summed E-state index contributed by atoms with van der Waals surface area (Å²) < 4.78 is 0. The van der Waals surface area contributed by atoms with Gasteiger partial charge in [-0.1, -0.05) is 20.3 Å². The number of nitrogens with two attached hydrogens (primary N) is 1. The van der Waals surface area contributed by atoms with Crippen molar-refractivity contribution in [1.29, 1.82) is 0 Å². The number of nitrogens with one attached hydrogen (secondary N) is 1. The summed E-state index contributed by atoms with van der Waals surface area (Å²) in [6.07, 6.45) is 5.25. The molecule has 0 aromatic carbocycles. The Morgan fingerprint density at radius 1 is 1.35 bits per heavy atom. The lowest BCUT2D eigenvalue weighted by molar-refractivity contribution is 0.185. The molecule has 2 fully saturated rings. The monoisotopic (exact) mass is 238 g/mol. The van der Waals surface area contributed by atoms with Gasteiger partial charge in [0.1, 0.15) is 0 Å². The van der Waals surface area contributed by atoms with Crippen LogP contribution in [0.5, 0.6) is 0 Å². The van der Waals surface area contributed by atoms with E-state index in [4.69, 9.17) is 5.73 Å². The van der Waals surface area contributed by atoms with Crippen molar-refractivity contribution in [3.8, 4) is 0 Å². The van der Waals surface area contributed by atoms with Crippen molar-refractivity contribution < 1.29 is 0 Å². The number of hydrogen-bond acceptors (Lipinski definition) is 2. The fourth-order valence-corrected chi connectivity index (χ4v) is 2.93.